The molecule has 1 aliphatic rings. The molecule has 0 spiro atoms. The van der Waals surface area contributed by atoms with E-state index in [4.69, 9.17) is 5.11 Å². The van der Waals surface area contributed by atoms with Crippen molar-refractivity contribution in [2.75, 3.05) is 5.75 Å². The van der Waals surface area contributed by atoms with E-state index in [0.29, 0.717) is 0 Å². The third-order valence-corrected chi connectivity index (χ3v) is 3.05. The van der Waals surface area contributed by atoms with Crippen LogP contribution in [0, 0.1) is 0 Å². The van der Waals surface area contributed by atoms with E-state index in [0.717, 1.165) is 17.7 Å². The van der Waals surface area contributed by atoms with Gasteiger partial charge < -0.3 is 5.11 Å². The van der Waals surface area contributed by atoms with Crippen molar-refractivity contribution in [1.82, 2.24) is 4.98 Å². The molecule has 1 aromatic rings. The highest BCUT2D eigenvalue weighted by Crippen LogP contribution is 2.23. The summed E-state index contributed by atoms with van der Waals surface area (Å²) in [5.41, 5.74) is 3.44. The van der Waals surface area contributed by atoms with Crippen molar-refractivity contribution < 1.29 is 5.11 Å². The van der Waals surface area contributed by atoms with Crippen molar-refractivity contribution in [3.05, 3.63) is 29.1 Å². The summed E-state index contributed by atoms with van der Waals surface area (Å²) in [5.74, 6) is 2.23. The molecular formula is C9H11NOS. The number of hydrogen-bond acceptors (Lipinski definition) is 3. The largest absolute Gasteiger partial charge is 0.392 e. The number of pyridine rings is 1. The summed E-state index contributed by atoms with van der Waals surface area (Å²) in [4.78, 5) is 4.32. The molecule has 64 valence electrons. The van der Waals surface area contributed by atoms with E-state index in [1.165, 1.54) is 17.0 Å². The van der Waals surface area contributed by atoms with Crippen LogP contribution in [0.1, 0.15) is 16.8 Å². The Morgan fingerprint density at radius 2 is 2.50 bits per heavy atom. The van der Waals surface area contributed by atoms with Gasteiger partial charge in [-0.3, -0.25) is 4.98 Å². The molecule has 0 fully saturated rings. The lowest BCUT2D eigenvalue weighted by molar-refractivity contribution is 0.281. The Kier molecular flexibility index (Phi) is 2.33. The quantitative estimate of drug-likeness (QED) is 0.710. The normalized spacial score (nSPS) is 15.8. The van der Waals surface area contributed by atoms with Crippen molar-refractivity contribution in [3.8, 4) is 0 Å². The number of aromatic nitrogens is 1. The zero-order valence-electron chi connectivity index (χ0n) is 6.79. The summed E-state index contributed by atoms with van der Waals surface area (Å²) in [6, 6.07) is 2.06. The summed E-state index contributed by atoms with van der Waals surface area (Å²) in [6.45, 7) is 0.102. The van der Waals surface area contributed by atoms with E-state index in [2.05, 4.69) is 11.1 Å². The highest BCUT2D eigenvalue weighted by atomic mass is 32.2. The molecule has 0 bridgehead atoms. The van der Waals surface area contributed by atoms with Gasteiger partial charge in [-0.15, -0.1) is 0 Å². The lowest BCUT2D eigenvalue weighted by atomic mass is 10.1. The van der Waals surface area contributed by atoms with Crippen molar-refractivity contribution in [2.24, 2.45) is 0 Å². The SMILES string of the molecule is OCc1cnc2c(c1)CSCC2. The topological polar surface area (TPSA) is 33.1 Å². The van der Waals surface area contributed by atoms with E-state index < -0.39 is 0 Å². The molecule has 0 unspecified atom stereocenters. The maximum atomic E-state index is 8.89. The van der Waals surface area contributed by atoms with Crippen molar-refractivity contribution in [2.45, 2.75) is 18.8 Å². The Morgan fingerprint density at radius 1 is 1.58 bits per heavy atom. The molecule has 0 aliphatic carbocycles. The maximum Gasteiger partial charge on any atom is 0.0696 e. The minimum absolute atomic E-state index is 0.102. The third kappa shape index (κ3) is 1.47. The molecule has 2 heterocycles. The summed E-state index contributed by atoms with van der Waals surface area (Å²) in [5, 5.41) is 8.89. The van der Waals surface area contributed by atoms with Crippen molar-refractivity contribution in [3.63, 3.8) is 0 Å². The van der Waals surface area contributed by atoms with E-state index in [-0.39, 0.29) is 6.61 Å². The van der Waals surface area contributed by atoms with Crippen LogP contribution in [0.5, 0.6) is 0 Å². The molecule has 0 atom stereocenters. The van der Waals surface area contributed by atoms with E-state index in [1.807, 2.05) is 11.8 Å². The molecule has 3 heteroatoms. The Balaban J connectivity index is 2.36. The number of fused-ring (bicyclic) bond motifs is 1. The predicted octanol–water partition coefficient (Wildman–Crippen LogP) is 1.36. The second-order valence-electron chi connectivity index (χ2n) is 2.91. The number of rotatable bonds is 1. The number of aliphatic hydroxyl groups excluding tert-OH is 1. The Bertz CT molecular complexity index is 288. The summed E-state index contributed by atoms with van der Waals surface area (Å²) < 4.78 is 0. The lowest BCUT2D eigenvalue weighted by Gasteiger charge is -2.14. The molecular weight excluding hydrogens is 170 g/mol. The van der Waals surface area contributed by atoms with Crippen LogP contribution in [-0.4, -0.2) is 15.8 Å². The second kappa shape index (κ2) is 3.46. The summed E-state index contributed by atoms with van der Waals surface area (Å²) in [6.07, 6.45) is 2.85. The minimum Gasteiger partial charge on any atom is -0.392 e. The first-order chi connectivity index (χ1) is 5.90. The van der Waals surface area contributed by atoms with E-state index in [9.17, 15) is 0 Å². The Hall–Kier alpha value is -0.540. The van der Waals surface area contributed by atoms with Gasteiger partial charge in [0, 0.05) is 17.6 Å². The van der Waals surface area contributed by atoms with Crippen LogP contribution in [0.3, 0.4) is 0 Å². The monoisotopic (exact) mass is 181 g/mol. The number of hydrogen-bond donors (Lipinski definition) is 1. The Morgan fingerprint density at radius 3 is 3.33 bits per heavy atom. The highest BCUT2D eigenvalue weighted by Gasteiger charge is 2.10. The molecule has 0 radical (unpaired) electrons. The van der Waals surface area contributed by atoms with Crippen molar-refractivity contribution in [1.29, 1.82) is 0 Å². The van der Waals surface area contributed by atoms with Gasteiger partial charge in [0.1, 0.15) is 0 Å². The average Bonchev–Trinajstić information content (AvgIpc) is 2.17. The number of aryl methyl sites for hydroxylation is 1. The van der Waals surface area contributed by atoms with Gasteiger partial charge in [0.2, 0.25) is 0 Å². The number of thioether (sulfide) groups is 1. The standard InChI is InChI=1S/C9H11NOS/c11-5-7-3-8-6-12-2-1-9(8)10-4-7/h3-4,11H,1-2,5-6H2. The highest BCUT2D eigenvalue weighted by molar-refractivity contribution is 7.98. The average molecular weight is 181 g/mol. The number of aliphatic hydroxyl groups is 1. The molecule has 12 heavy (non-hydrogen) atoms. The van der Waals surface area contributed by atoms with Gasteiger partial charge in [-0.25, -0.2) is 0 Å². The van der Waals surface area contributed by atoms with Gasteiger partial charge in [-0.1, -0.05) is 0 Å². The van der Waals surface area contributed by atoms with Crippen LogP contribution in [0.25, 0.3) is 0 Å². The van der Waals surface area contributed by atoms with E-state index in [1.54, 1.807) is 6.20 Å². The molecule has 1 aliphatic heterocycles. The summed E-state index contributed by atoms with van der Waals surface area (Å²) in [7, 11) is 0. The molecule has 0 saturated heterocycles. The maximum absolute atomic E-state index is 8.89. The van der Waals surface area contributed by atoms with Crippen LogP contribution in [-0.2, 0) is 18.8 Å². The first-order valence-electron chi connectivity index (χ1n) is 4.05. The van der Waals surface area contributed by atoms with Gasteiger partial charge >= 0.3 is 0 Å². The lowest BCUT2D eigenvalue weighted by Crippen LogP contribution is -2.05. The van der Waals surface area contributed by atoms with Crippen molar-refractivity contribution >= 4 is 11.8 Å². The third-order valence-electron chi connectivity index (χ3n) is 2.04. The fourth-order valence-electron chi connectivity index (χ4n) is 1.38. The van der Waals surface area contributed by atoms with Gasteiger partial charge in [0.05, 0.1) is 6.61 Å². The van der Waals surface area contributed by atoms with Gasteiger partial charge in [0.25, 0.3) is 0 Å². The molecule has 1 aromatic heterocycles. The van der Waals surface area contributed by atoms with Crippen LogP contribution in [0.4, 0.5) is 0 Å². The molecule has 0 aromatic carbocycles. The first-order valence-corrected chi connectivity index (χ1v) is 5.21. The van der Waals surface area contributed by atoms with Crippen LogP contribution >= 0.6 is 11.8 Å². The van der Waals surface area contributed by atoms with Crippen LogP contribution < -0.4 is 0 Å². The van der Waals surface area contributed by atoms with E-state index >= 15 is 0 Å². The fourth-order valence-corrected chi connectivity index (χ4v) is 2.33. The molecule has 2 nitrogen and oxygen atoms in total. The first kappa shape index (κ1) is 8.08. The fraction of sp³-hybridized carbons (Fsp3) is 0.444. The zero-order chi connectivity index (χ0) is 8.39. The van der Waals surface area contributed by atoms with Crippen LogP contribution in [0.15, 0.2) is 12.3 Å². The molecule has 1 N–H and O–H groups in total. The molecule has 0 amide bonds. The summed E-state index contributed by atoms with van der Waals surface area (Å²) >= 11 is 1.94. The zero-order valence-corrected chi connectivity index (χ0v) is 7.60. The molecule has 2 rings (SSSR count). The van der Waals surface area contributed by atoms with Gasteiger partial charge in [0.15, 0.2) is 0 Å². The van der Waals surface area contributed by atoms with Gasteiger partial charge in [-0.2, -0.15) is 11.8 Å². The Labute approximate surface area is 76.0 Å². The number of nitrogens with zero attached hydrogens (tertiary/aromatic N) is 1. The minimum atomic E-state index is 0.102. The predicted molar refractivity (Wildman–Crippen MR) is 50.0 cm³/mol. The second-order valence-corrected chi connectivity index (χ2v) is 4.02. The van der Waals surface area contributed by atoms with Gasteiger partial charge in [-0.05, 0) is 29.4 Å². The smallest absolute Gasteiger partial charge is 0.0696 e. The van der Waals surface area contributed by atoms with Crippen LogP contribution in [0.2, 0.25) is 0 Å². The molecule has 0 saturated carbocycles.